The van der Waals surface area contributed by atoms with Gasteiger partial charge in [0.15, 0.2) is 11.9 Å². The van der Waals surface area contributed by atoms with Crippen molar-refractivity contribution in [3.63, 3.8) is 0 Å². The van der Waals surface area contributed by atoms with Crippen LogP contribution in [0, 0.1) is 0 Å². The molecule has 0 saturated carbocycles. The summed E-state index contributed by atoms with van der Waals surface area (Å²) < 4.78 is 0. The van der Waals surface area contributed by atoms with Gasteiger partial charge in [0.05, 0.1) is 10.7 Å². The molecule has 1 amide bonds. The average molecular weight is 278 g/mol. The fourth-order valence-corrected chi connectivity index (χ4v) is 1.78. The molecule has 0 spiro atoms. The van der Waals surface area contributed by atoms with E-state index in [-0.39, 0.29) is 16.5 Å². The minimum Gasteiger partial charge on any atom is -0.504 e. The quantitative estimate of drug-likeness (QED) is 0.756. The van der Waals surface area contributed by atoms with Gasteiger partial charge in [-0.1, -0.05) is 48.0 Å². The Morgan fingerprint density at radius 2 is 1.79 bits per heavy atom. The molecule has 19 heavy (non-hydrogen) atoms. The number of aliphatic hydroxyl groups is 1. The van der Waals surface area contributed by atoms with Crippen LogP contribution >= 0.6 is 11.6 Å². The van der Waals surface area contributed by atoms with Gasteiger partial charge in [0.2, 0.25) is 0 Å². The van der Waals surface area contributed by atoms with Gasteiger partial charge in [0.25, 0.3) is 5.91 Å². The van der Waals surface area contributed by atoms with Gasteiger partial charge in [-0.25, -0.2) is 0 Å². The van der Waals surface area contributed by atoms with Crippen LogP contribution in [-0.4, -0.2) is 16.1 Å². The van der Waals surface area contributed by atoms with Crippen LogP contribution in [0.15, 0.2) is 48.5 Å². The number of aromatic hydroxyl groups is 1. The highest BCUT2D eigenvalue weighted by atomic mass is 35.5. The van der Waals surface area contributed by atoms with E-state index in [1.165, 1.54) is 12.1 Å². The highest BCUT2D eigenvalue weighted by molar-refractivity contribution is 6.32. The zero-order valence-electron chi connectivity index (χ0n) is 9.88. The molecule has 0 saturated heterocycles. The zero-order valence-corrected chi connectivity index (χ0v) is 10.6. The lowest BCUT2D eigenvalue weighted by Crippen LogP contribution is -2.20. The van der Waals surface area contributed by atoms with Gasteiger partial charge in [0.1, 0.15) is 0 Å². The Bertz CT molecular complexity index is 586. The molecule has 0 aliphatic heterocycles. The van der Waals surface area contributed by atoms with E-state index in [0.717, 1.165) is 0 Å². The monoisotopic (exact) mass is 277 g/mol. The van der Waals surface area contributed by atoms with E-state index < -0.39 is 12.0 Å². The topological polar surface area (TPSA) is 69.6 Å². The summed E-state index contributed by atoms with van der Waals surface area (Å²) in [7, 11) is 0. The molecule has 5 heteroatoms. The number of hydrogen-bond acceptors (Lipinski definition) is 3. The maximum absolute atomic E-state index is 11.9. The number of nitrogens with one attached hydrogen (secondary N) is 1. The van der Waals surface area contributed by atoms with Gasteiger partial charge in [0, 0.05) is 0 Å². The lowest BCUT2D eigenvalue weighted by Gasteiger charge is -2.12. The minimum absolute atomic E-state index is 0.131. The van der Waals surface area contributed by atoms with Gasteiger partial charge < -0.3 is 15.5 Å². The summed E-state index contributed by atoms with van der Waals surface area (Å²) in [4.78, 5) is 11.9. The number of anilines is 1. The first kappa shape index (κ1) is 13.4. The number of hydrogen-bond donors (Lipinski definition) is 3. The normalized spacial score (nSPS) is 11.9. The lowest BCUT2D eigenvalue weighted by molar-refractivity contribution is -0.124. The third-order valence-electron chi connectivity index (χ3n) is 2.61. The van der Waals surface area contributed by atoms with Gasteiger partial charge in [-0.05, 0) is 17.7 Å². The predicted octanol–water partition coefficient (Wildman–Crippen LogP) is 2.72. The maximum atomic E-state index is 11.9. The molecule has 3 N–H and O–H groups in total. The third-order valence-corrected chi connectivity index (χ3v) is 2.91. The van der Waals surface area contributed by atoms with Crippen LogP contribution in [0.4, 0.5) is 5.69 Å². The zero-order chi connectivity index (χ0) is 13.8. The second-order valence-electron chi connectivity index (χ2n) is 3.94. The number of para-hydroxylation sites is 1. The van der Waals surface area contributed by atoms with Crippen molar-refractivity contribution in [2.75, 3.05) is 5.32 Å². The molecule has 0 fully saturated rings. The van der Waals surface area contributed by atoms with Crippen LogP contribution in [0.1, 0.15) is 11.7 Å². The van der Waals surface area contributed by atoms with E-state index in [1.54, 1.807) is 36.4 Å². The van der Waals surface area contributed by atoms with Crippen LogP contribution < -0.4 is 5.32 Å². The number of phenols is 1. The Morgan fingerprint density at radius 1 is 1.11 bits per heavy atom. The molecule has 4 nitrogen and oxygen atoms in total. The van der Waals surface area contributed by atoms with Gasteiger partial charge in [-0.3, -0.25) is 4.79 Å². The van der Waals surface area contributed by atoms with E-state index in [9.17, 15) is 15.0 Å². The average Bonchev–Trinajstić information content (AvgIpc) is 2.44. The van der Waals surface area contributed by atoms with E-state index in [0.29, 0.717) is 5.56 Å². The van der Waals surface area contributed by atoms with Crippen molar-refractivity contribution in [3.05, 3.63) is 59.1 Å². The van der Waals surface area contributed by atoms with Crippen LogP contribution in [0.2, 0.25) is 5.02 Å². The number of carbonyl (C=O) groups is 1. The van der Waals surface area contributed by atoms with Crippen molar-refractivity contribution in [3.8, 4) is 5.75 Å². The summed E-state index contributed by atoms with van der Waals surface area (Å²) in [6.45, 7) is 0. The molecule has 2 aromatic rings. The molecule has 0 aliphatic carbocycles. The van der Waals surface area contributed by atoms with Crippen molar-refractivity contribution in [2.45, 2.75) is 6.10 Å². The van der Waals surface area contributed by atoms with Gasteiger partial charge in [-0.2, -0.15) is 0 Å². The molecule has 0 bridgehead atoms. The minimum atomic E-state index is -1.31. The molecule has 1 atom stereocenters. The first-order valence-electron chi connectivity index (χ1n) is 5.61. The van der Waals surface area contributed by atoms with Crippen molar-refractivity contribution in [2.24, 2.45) is 0 Å². The number of phenolic OH excluding ortho intramolecular Hbond substituents is 1. The van der Waals surface area contributed by atoms with E-state index >= 15 is 0 Å². The van der Waals surface area contributed by atoms with E-state index in [1.807, 2.05) is 0 Å². The molecule has 1 unspecified atom stereocenters. The first-order chi connectivity index (χ1) is 9.09. The summed E-state index contributed by atoms with van der Waals surface area (Å²) in [5, 5.41) is 22.1. The molecule has 0 heterocycles. The number of halogens is 1. The van der Waals surface area contributed by atoms with Crippen molar-refractivity contribution < 1.29 is 15.0 Å². The molecule has 2 aromatic carbocycles. The molecule has 0 aliphatic rings. The lowest BCUT2D eigenvalue weighted by atomic mass is 10.1. The fraction of sp³-hybridized carbons (Fsp3) is 0.0714. The Balaban J connectivity index is 2.15. The summed E-state index contributed by atoms with van der Waals surface area (Å²) in [6.07, 6.45) is -1.31. The smallest absolute Gasteiger partial charge is 0.257 e. The summed E-state index contributed by atoms with van der Waals surface area (Å²) in [5.41, 5.74) is 0.633. The number of amides is 1. The van der Waals surface area contributed by atoms with Crippen molar-refractivity contribution in [1.29, 1.82) is 0 Å². The first-order valence-corrected chi connectivity index (χ1v) is 5.98. The number of carbonyl (C=O) groups excluding carboxylic acids is 1. The molecule has 2 rings (SSSR count). The number of rotatable bonds is 3. The highest BCUT2D eigenvalue weighted by Gasteiger charge is 2.18. The molecule has 98 valence electrons. The van der Waals surface area contributed by atoms with Crippen LogP contribution in [0.5, 0.6) is 5.75 Å². The standard InChI is InChI=1S/C14H12ClNO3/c15-10-7-4-8-11(13(10)18)16-14(19)12(17)9-5-2-1-3-6-9/h1-8,12,17-18H,(H,16,19). The summed E-state index contributed by atoms with van der Waals surface area (Å²) in [6, 6.07) is 13.1. The fourth-order valence-electron chi connectivity index (χ4n) is 1.60. The Morgan fingerprint density at radius 3 is 2.47 bits per heavy atom. The number of benzene rings is 2. The maximum Gasteiger partial charge on any atom is 0.257 e. The summed E-state index contributed by atoms with van der Waals surface area (Å²) >= 11 is 5.73. The van der Waals surface area contributed by atoms with Crippen molar-refractivity contribution >= 4 is 23.2 Å². The molecule has 0 radical (unpaired) electrons. The Kier molecular flexibility index (Phi) is 4.04. The van der Waals surface area contributed by atoms with Crippen molar-refractivity contribution in [1.82, 2.24) is 0 Å². The second kappa shape index (κ2) is 5.73. The second-order valence-corrected chi connectivity index (χ2v) is 4.35. The highest BCUT2D eigenvalue weighted by Crippen LogP contribution is 2.31. The van der Waals surface area contributed by atoms with Gasteiger partial charge in [-0.15, -0.1) is 0 Å². The summed E-state index contributed by atoms with van der Waals surface area (Å²) in [5.74, 6) is -0.860. The third kappa shape index (κ3) is 3.05. The SMILES string of the molecule is O=C(Nc1cccc(Cl)c1O)C(O)c1ccccc1. The van der Waals surface area contributed by atoms with Crippen LogP contribution in [0.25, 0.3) is 0 Å². The Hall–Kier alpha value is -2.04. The van der Waals surface area contributed by atoms with E-state index in [4.69, 9.17) is 11.6 Å². The van der Waals surface area contributed by atoms with Crippen LogP contribution in [0.3, 0.4) is 0 Å². The largest absolute Gasteiger partial charge is 0.504 e. The van der Waals surface area contributed by atoms with Crippen LogP contribution in [-0.2, 0) is 4.79 Å². The molecular formula is C14H12ClNO3. The molecular weight excluding hydrogens is 266 g/mol. The van der Waals surface area contributed by atoms with Gasteiger partial charge >= 0.3 is 0 Å². The predicted molar refractivity (Wildman–Crippen MR) is 73.1 cm³/mol. The Labute approximate surface area is 115 Å². The number of aliphatic hydroxyl groups excluding tert-OH is 1. The van der Waals surface area contributed by atoms with E-state index in [2.05, 4.69) is 5.32 Å². The molecule has 0 aromatic heterocycles.